The maximum Gasteiger partial charge on any atom is 0.191 e. The van der Waals surface area contributed by atoms with Gasteiger partial charge < -0.3 is 20.1 Å². The monoisotopic (exact) mass is 524 g/mol. The molecule has 0 unspecified atom stereocenters. The fourth-order valence-corrected chi connectivity index (χ4v) is 3.74. The van der Waals surface area contributed by atoms with Gasteiger partial charge in [0.05, 0.1) is 14.2 Å². The van der Waals surface area contributed by atoms with Gasteiger partial charge in [-0.3, -0.25) is 9.89 Å². The molecule has 7 heteroatoms. The highest BCUT2D eigenvalue weighted by molar-refractivity contribution is 14.0. The predicted octanol–water partition coefficient (Wildman–Crippen LogP) is 3.65. The number of piperidine rings is 1. The lowest BCUT2D eigenvalue weighted by Gasteiger charge is -2.33. The first-order chi connectivity index (χ1) is 14.2. The van der Waals surface area contributed by atoms with Crippen molar-refractivity contribution in [2.45, 2.75) is 32.0 Å². The van der Waals surface area contributed by atoms with Gasteiger partial charge >= 0.3 is 0 Å². The molecule has 0 aromatic heterocycles. The van der Waals surface area contributed by atoms with Crippen molar-refractivity contribution in [3.63, 3.8) is 0 Å². The molecule has 0 saturated carbocycles. The highest BCUT2D eigenvalue weighted by atomic mass is 127. The van der Waals surface area contributed by atoms with Gasteiger partial charge in [-0.05, 0) is 24.5 Å². The number of halogens is 1. The smallest absolute Gasteiger partial charge is 0.191 e. The standard InChI is InChI=1S/C23H32N4O2.HI/c1-24-23(25-16-19-10-7-11-21(28-2)22(19)29-3)26-20-12-14-27(15-13-20)17-18-8-5-4-6-9-18;/h4-11,20H,12-17H2,1-3H3,(H2,24,25,26);1H. The third-order valence-electron chi connectivity index (χ3n) is 5.33. The van der Waals surface area contributed by atoms with Crippen molar-refractivity contribution >= 4 is 29.9 Å². The Morgan fingerprint density at radius 2 is 1.77 bits per heavy atom. The number of methoxy groups -OCH3 is 2. The molecule has 0 amide bonds. The Hall–Kier alpha value is -2.00. The summed E-state index contributed by atoms with van der Waals surface area (Å²) >= 11 is 0. The quantitative estimate of drug-likeness (QED) is 0.329. The highest BCUT2D eigenvalue weighted by Crippen LogP contribution is 2.30. The Balaban J connectivity index is 0.00000320. The number of guanidine groups is 1. The number of nitrogens with zero attached hydrogens (tertiary/aromatic N) is 2. The van der Waals surface area contributed by atoms with E-state index in [1.54, 1.807) is 14.2 Å². The lowest BCUT2D eigenvalue weighted by molar-refractivity contribution is 0.198. The second kappa shape index (κ2) is 12.6. The molecule has 1 fully saturated rings. The van der Waals surface area contributed by atoms with Crippen molar-refractivity contribution in [2.75, 3.05) is 34.4 Å². The molecule has 0 aliphatic carbocycles. The van der Waals surface area contributed by atoms with E-state index in [2.05, 4.69) is 50.9 Å². The molecule has 1 aliphatic rings. The van der Waals surface area contributed by atoms with Crippen molar-refractivity contribution in [1.82, 2.24) is 15.5 Å². The molecule has 0 radical (unpaired) electrons. The lowest BCUT2D eigenvalue weighted by Crippen LogP contribution is -2.48. The number of nitrogens with one attached hydrogen (secondary N) is 2. The lowest BCUT2D eigenvalue weighted by atomic mass is 10.0. The minimum absolute atomic E-state index is 0. The number of benzene rings is 2. The first kappa shape index (κ1) is 24.3. The van der Waals surface area contributed by atoms with Crippen molar-refractivity contribution < 1.29 is 9.47 Å². The predicted molar refractivity (Wildman–Crippen MR) is 133 cm³/mol. The molecule has 2 N–H and O–H groups in total. The number of para-hydroxylation sites is 1. The van der Waals surface area contributed by atoms with Crippen molar-refractivity contribution in [3.8, 4) is 11.5 Å². The zero-order valence-corrected chi connectivity index (χ0v) is 20.4. The Labute approximate surface area is 197 Å². The average molecular weight is 524 g/mol. The summed E-state index contributed by atoms with van der Waals surface area (Å²) in [5.41, 5.74) is 2.41. The Kier molecular flexibility index (Phi) is 10.2. The van der Waals surface area contributed by atoms with Crippen molar-refractivity contribution in [1.29, 1.82) is 0 Å². The molecule has 6 nitrogen and oxygen atoms in total. The summed E-state index contributed by atoms with van der Waals surface area (Å²) in [6, 6.07) is 17.0. The first-order valence-electron chi connectivity index (χ1n) is 10.2. The molecular formula is C23H33IN4O2. The summed E-state index contributed by atoms with van der Waals surface area (Å²) < 4.78 is 10.9. The van der Waals surface area contributed by atoms with E-state index in [9.17, 15) is 0 Å². The van der Waals surface area contributed by atoms with E-state index >= 15 is 0 Å². The molecule has 2 aromatic carbocycles. The van der Waals surface area contributed by atoms with E-state index in [1.807, 2.05) is 25.2 Å². The summed E-state index contributed by atoms with van der Waals surface area (Å²) in [6.07, 6.45) is 2.21. The van der Waals surface area contributed by atoms with Crippen LogP contribution in [0.5, 0.6) is 11.5 Å². The van der Waals surface area contributed by atoms with Gasteiger partial charge in [-0.2, -0.15) is 0 Å². The van der Waals surface area contributed by atoms with Crippen LogP contribution >= 0.6 is 24.0 Å². The van der Waals surface area contributed by atoms with Crippen LogP contribution in [0, 0.1) is 0 Å². The van der Waals surface area contributed by atoms with Crippen LogP contribution in [0.25, 0.3) is 0 Å². The number of rotatable bonds is 7. The van der Waals surface area contributed by atoms with Gasteiger partial charge in [-0.25, -0.2) is 0 Å². The molecule has 164 valence electrons. The van der Waals surface area contributed by atoms with Gasteiger partial charge in [0.2, 0.25) is 0 Å². The second-order valence-corrected chi connectivity index (χ2v) is 7.26. The Morgan fingerprint density at radius 3 is 2.40 bits per heavy atom. The third-order valence-corrected chi connectivity index (χ3v) is 5.33. The number of likely N-dealkylation sites (tertiary alicyclic amines) is 1. The van der Waals surface area contributed by atoms with Crippen LogP contribution in [-0.2, 0) is 13.1 Å². The molecule has 1 aliphatic heterocycles. The fraction of sp³-hybridized carbons (Fsp3) is 0.435. The number of ether oxygens (including phenoxy) is 2. The van der Waals surface area contributed by atoms with E-state index in [1.165, 1.54) is 5.56 Å². The van der Waals surface area contributed by atoms with Crippen LogP contribution in [0.15, 0.2) is 53.5 Å². The van der Waals surface area contributed by atoms with Crippen molar-refractivity contribution in [3.05, 3.63) is 59.7 Å². The summed E-state index contributed by atoms with van der Waals surface area (Å²) in [4.78, 5) is 6.91. The molecule has 30 heavy (non-hydrogen) atoms. The van der Waals surface area contributed by atoms with E-state index in [-0.39, 0.29) is 24.0 Å². The van der Waals surface area contributed by atoms with Crippen LogP contribution in [-0.4, -0.2) is 51.3 Å². The average Bonchev–Trinajstić information content (AvgIpc) is 2.78. The Morgan fingerprint density at radius 1 is 1.03 bits per heavy atom. The minimum Gasteiger partial charge on any atom is -0.493 e. The fourth-order valence-electron chi connectivity index (χ4n) is 3.74. The normalized spacial score (nSPS) is 15.2. The maximum absolute atomic E-state index is 5.51. The molecule has 0 atom stereocenters. The molecule has 0 spiro atoms. The summed E-state index contributed by atoms with van der Waals surface area (Å²) in [5, 5.41) is 6.97. The third kappa shape index (κ3) is 6.77. The summed E-state index contributed by atoms with van der Waals surface area (Å²) in [7, 11) is 5.13. The SMILES string of the molecule is CN=C(NCc1cccc(OC)c1OC)NC1CCN(Cc2ccccc2)CC1.I. The Bertz CT molecular complexity index is 793. The second-order valence-electron chi connectivity index (χ2n) is 7.26. The van der Waals surface area contributed by atoms with Gasteiger partial charge in [-0.1, -0.05) is 42.5 Å². The van der Waals surface area contributed by atoms with Gasteiger partial charge in [0.25, 0.3) is 0 Å². The summed E-state index contributed by atoms with van der Waals surface area (Å²) in [5.74, 6) is 2.31. The van der Waals surface area contributed by atoms with Gasteiger partial charge in [-0.15, -0.1) is 24.0 Å². The number of hydrogen-bond acceptors (Lipinski definition) is 4. The van der Waals surface area contributed by atoms with E-state index in [0.717, 1.165) is 55.5 Å². The van der Waals surface area contributed by atoms with Gasteiger partial charge in [0.1, 0.15) is 0 Å². The largest absolute Gasteiger partial charge is 0.493 e. The zero-order valence-electron chi connectivity index (χ0n) is 18.1. The number of hydrogen-bond donors (Lipinski definition) is 2. The topological polar surface area (TPSA) is 58.1 Å². The first-order valence-corrected chi connectivity index (χ1v) is 10.2. The van der Waals surface area contributed by atoms with Crippen LogP contribution in [0.1, 0.15) is 24.0 Å². The van der Waals surface area contributed by atoms with Crippen LogP contribution in [0.2, 0.25) is 0 Å². The van der Waals surface area contributed by atoms with Crippen LogP contribution in [0.3, 0.4) is 0 Å². The molecule has 0 bridgehead atoms. The van der Waals surface area contributed by atoms with Gasteiger partial charge in [0, 0.05) is 44.8 Å². The number of aliphatic imine (C=N–C) groups is 1. The molecular weight excluding hydrogens is 491 g/mol. The van der Waals surface area contributed by atoms with Crippen molar-refractivity contribution in [2.24, 2.45) is 4.99 Å². The highest BCUT2D eigenvalue weighted by Gasteiger charge is 2.20. The van der Waals surface area contributed by atoms with E-state index in [0.29, 0.717) is 12.6 Å². The zero-order chi connectivity index (χ0) is 20.5. The van der Waals surface area contributed by atoms with E-state index in [4.69, 9.17) is 9.47 Å². The molecule has 1 heterocycles. The summed E-state index contributed by atoms with van der Waals surface area (Å²) in [6.45, 7) is 3.82. The van der Waals surface area contributed by atoms with E-state index < -0.39 is 0 Å². The molecule has 3 rings (SSSR count). The minimum atomic E-state index is 0. The molecule has 1 saturated heterocycles. The molecule has 2 aromatic rings. The van der Waals surface area contributed by atoms with Crippen LogP contribution < -0.4 is 20.1 Å². The van der Waals surface area contributed by atoms with Crippen LogP contribution in [0.4, 0.5) is 0 Å². The van der Waals surface area contributed by atoms with Gasteiger partial charge in [0.15, 0.2) is 17.5 Å². The maximum atomic E-state index is 5.51.